The number of aliphatic hydroxyl groups excluding tert-OH is 1. The Bertz CT molecular complexity index is 41.9. The molecule has 0 aromatic carbocycles. The minimum Gasteiger partial charge on any atom is -0.396 e. The van der Waals surface area contributed by atoms with Crippen LogP contribution in [0.25, 0.3) is 0 Å². The summed E-state index contributed by atoms with van der Waals surface area (Å²) in [5.74, 6) is 0. The van der Waals surface area contributed by atoms with E-state index in [0.29, 0.717) is 0 Å². The van der Waals surface area contributed by atoms with Crippen molar-refractivity contribution in [3.8, 4) is 0 Å². The van der Waals surface area contributed by atoms with Crippen LogP contribution in [0.15, 0.2) is 0 Å². The van der Waals surface area contributed by atoms with E-state index in [0.717, 1.165) is 13.0 Å². The van der Waals surface area contributed by atoms with E-state index in [2.05, 4.69) is 32.3 Å². The average Bonchev–Trinajstić information content (AvgIpc) is 1.61. The van der Waals surface area contributed by atoms with Gasteiger partial charge in [0.05, 0.1) is 0 Å². The van der Waals surface area contributed by atoms with Gasteiger partial charge in [-0.25, -0.2) is 0 Å². The Kier molecular flexibility index (Phi) is 5.66. The molecule has 44 valence electrons. The fourth-order valence-corrected chi connectivity index (χ4v) is 0.692. The molecule has 0 amide bonds. The van der Waals surface area contributed by atoms with Gasteiger partial charge in [-0.3, -0.25) is 0 Å². The largest absolute Gasteiger partial charge is 0.396 e. The topological polar surface area (TPSA) is 23.5 Å². The summed E-state index contributed by atoms with van der Waals surface area (Å²) in [6.07, 6.45) is 0.788. The van der Waals surface area contributed by atoms with Crippen molar-refractivity contribution in [2.24, 2.45) is 0 Å². The number of rotatable bonds is 3. The van der Waals surface area contributed by atoms with Crippen LogP contribution in [0.5, 0.6) is 0 Å². The van der Waals surface area contributed by atoms with Crippen molar-refractivity contribution in [2.45, 2.75) is 6.42 Å². The Labute approximate surface area is 60.2 Å². The molecule has 0 aliphatic rings. The van der Waals surface area contributed by atoms with Crippen LogP contribution in [0.3, 0.4) is 0 Å². The molecule has 0 radical (unpaired) electrons. The van der Waals surface area contributed by atoms with Crippen LogP contribution >= 0.6 is 32.3 Å². The molecular weight excluding hydrogens is 226 g/mol. The molecule has 4 heteroatoms. The molecule has 0 unspecified atom stereocenters. The smallest absolute Gasteiger partial charge is 0.0443 e. The van der Waals surface area contributed by atoms with E-state index < -0.39 is 0 Å². The highest BCUT2D eigenvalue weighted by Crippen LogP contribution is 2.04. The number of hydrogen-bond donors (Lipinski definition) is 1. The maximum Gasteiger partial charge on any atom is 0.0443 e. The standard InChI is InChI=1S/C3H7Br2NO/c4-6(5)2-1-3-7/h7H,1-3H2. The van der Waals surface area contributed by atoms with Gasteiger partial charge in [0.1, 0.15) is 0 Å². The van der Waals surface area contributed by atoms with Crippen molar-refractivity contribution in [1.29, 1.82) is 0 Å². The highest BCUT2D eigenvalue weighted by Gasteiger charge is 1.89. The summed E-state index contributed by atoms with van der Waals surface area (Å²) in [5, 5.41) is 8.25. The SMILES string of the molecule is OCCCN(Br)Br. The van der Waals surface area contributed by atoms with Gasteiger partial charge in [-0.1, -0.05) is 0 Å². The van der Waals surface area contributed by atoms with E-state index >= 15 is 0 Å². The molecule has 2 nitrogen and oxygen atoms in total. The summed E-state index contributed by atoms with van der Waals surface area (Å²) in [7, 11) is 0. The molecule has 0 aromatic rings. The second kappa shape index (κ2) is 5.03. The van der Waals surface area contributed by atoms with Crippen molar-refractivity contribution in [1.82, 2.24) is 2.95 Å². The zero-order valence-electron chi connectivity index (χ0n) is 3.77. The van der Waals surface area contributed by atoms with Gasteiger partial charge < -0.3 is 5.11 Å². The fourth-order valence-electron chi connectivity index (χ4n) is 0.190. The fraction of sp³-hybridized carbons (Fsp3) is 1.00. The third-order valence-electron chi connectivity index (χ3n) is 0.485. The van der Waals surface area contributed by atoms with Gasteiger partial charge in [0, 0.05) is 45.4 Å². The van der Waals surface area contributed by atoms with Crippen molar-refractivity contribution < 1.29 is 5.11 Å². The molecule has 7 heavy (non-hydrogen) atoms. The number of halogens is 2. The first-order valence-electron chi connectivity index (χ1n) is 1.97. The van der Waals surface area contributed by atoms with Crippen LogP contribution in [0, 0.1) is 0 Å². The first-order valence-corrected chi connectivity index (χ1v) is 3.39. The highest BCUT2D eigenvalue weighted by molar-refractivity contribution is 9.21. The van der Waals surface area contributed by atoms with Gasteiger partial charge >= 0.3 is 0 Å². The van der Waals surface area contributed by atoms with E-state index in [1.165, 1.54) is 0 Å². The van der Waals surface area contributed by atoms with E-state index in [1.54, 1.807) is 2.95 Å². The van der Waals surface area contributed by atoms with Crippen molar-refractivity contribution in [2.75, 3.05) is 13.2 Å². The number of aliphatic hydroxyl groups is 1. The van der Waals surface area contributed by atoms with E-state index in [9.17, 15) is 0 Å². The summed E-state index contributed by atoms with van der Waals surface area (Å²) in [4.78, 5) is 0. The summed E-state index contributed by atoms with van der Waals surface area (Å²) < 4.78 is 1.68. The molecule has 0 saturated carbocycles. The zero-order valence-corrected chi connectivity index (χ0v) is 6.94. The molecular formula is C3H7Br2NO. The highest BCUT2D eigenvalue weighted by atomic mass is 79.9. The molecule has 0 spiro atoms. The van der Waals surface area contributed by atoms with Crippen LogP contribution in [0.1, 0.15) is 6.42 Å². The zero-order chi connectivity index (χ0) is 5.70. The first-order chi connectivity index (χ1) is 3.27. The quantitative estimate of drug-likeness (QED) is 0.742. The lowest BCUT2D eigenvalue weighted by Gasteiger charge is -1.99. The predicted molar refractivity (Wildman–Crippen MR) is 36.3 cm³/mol. The molecule has 0 atom stereocenters. The molecule has 0 aliphatic heterocycles. The molecule has 0 bridgehead atoms. The van der Waals surface area contributed by atoms with Crippen molar-refractivity contribution in [3.63, 3.8) is 0 Å². The lowest BCUT2D eigenvalue weighted by Crippen LogP contribution is -1.99. The summed E-state index contributed by atoms with van der Waals surface area (Å²) in [5.41, 5.74) is 0. The Hall–Kier alpha value is 0.880. The Morgan fingerprint density at radius 2 is 2.00 bits per heavy atom. The van der Waals surface area contributed by atoms with Crippen LogP contribution in [0.2, 0.25) is 0 Å². The average molecular weight is 233 g/mol. The van der Waals surface area contributed by atoms with Crippen LogP contribution in [0.4, 0.5) is 0 Å². The second-order valence-electron chi connectivity index (χ2n) is 1.10. The van der Waals surface area contributed by atoms with Gasteiger partial charge in [0.25, 0.3) is 0 Å². The summed E-state index contributed by atoms with van der Waals surface area (Å²) >= 11 is 6.23. The van der Waals surface area contributed by atoms with Crippen LogP contribution in [-0.2, 0) is 0 Å². The minimum atomic E-state index is 0.244. The summed E-state index contributed by atoms with van der Waals surface area (Å²) in [6, 6.07) is 0. The van der Waals surface area contributed by atoms with E-state index in [1.807, 2.05) is 0 Å². The van der Waals surface area contributed by atoms with E-state index in [4.69, 9.17) is 5.11 Å². The number of nitrogens with zero attached hydrogens (tertiary/aromatic N) is 1. The Morgan fingerprint density at radius 3 is 2.14 bits per heavy atom. The summed E-state index contributed by atoms with van der Waals surface area (Å²) in [6.45, 7) is 1.06. The molecule has 0 aromatic heterocycles. The molecule has 0 saturated heterocycles. The monoisotopic (exact) mass is 231 g/mol. The molecule has 0 heterocycles. The lowest BCUT2D eigenvalue weighted by atomic mass is 10.5. The molecule has 0 rings (SSSR count). The van der Waals surface area contributed by atoms with Gasteiger partial charge in [0.2, 0.25) is 0 Å². The van der Waals surface area contributed by atoms with Crippen molar-refractivity contribution in [3.05, 3.63) is 0 Å². The van der Waals surface area contributed by atoms with Crippen LogP contribution in [-0.4, -0.2) is 21.2 Å². The minimum absolute atomic E-state index is 0.244. The van der Waals surface area contributed by atoms with Crippen molar-refractivity contribution >= 4 is 32.3 Å². The van der Waals surface area contributed by atoms with Gasteiger partial charge in [-0.05, 0) is 6.42 Å². The predicted octanol–water partition coefficient (Wildman–Crippen LogP) is 1.29. The first kappa shape index (κ1) is 7.88. The molecule has 1 N–H and O–H groups in total. The Morgan fingerprint density at radius 1 is 1.43 bits per heavy atom. The number of hydrogen-bond acceptors (Lipinski definition) is 2. The van der Waals surface area contributed by atoms with Gasteiger partial charge in [-0.15, -0.1) is 0 Å². The third-order valence-corrected chi connectivity index (χ3v) is 1.19. The Balaban J connectivity index is 2.68. The molecule has 0 fully saturated rings. The van der Waals surface area contributed by atoms with Gasteiger partial charge in [0.15, 0.2) is 0 Å². The van der Waals surface area contributed by atoms with Crippen LogP contribution < -0.4 is 0 Å². The maximum absolute atomic E-state index is 8.25. The third kappa shape index (κ3) is 6.88. The lowest BCUT2D eigenvalue weighted by molar-refractivity contribution is 0.285. The van der Waals surface area contributed by atoms with E-state index in [-0.39, 0.29) is 6.61 Å². The van der Waals surface area contributed by atoms with Gasteiger partial charge in [-0.2, -0.15) is 2.95 Å². The maximum atomic E-state index is 8.25. The normalized spacial score (nSPS) is 10.3. The molecule has 0 aliphatic carbocycles. The second-order valence-corrected chi connectivity index (χ2v) is 3.77.